The van der Waals surface area contributed by atoms with Gasteiger partial charge >= 0.3 is 0 Å². The van der Waals surface area contributed by atoms with Gasteiger partial charge in [0.2, 0.25) is 0 Å². The Morgan fingerprint density at radius 2 is 1.81 bits per heavy atom. The number of benzene rings is 2. The van der Waals surface area contributed by atoms with E-state index in [1.165, 1.54) is 18.0 Å². The Morgan fingerprint density at radius 1 is 1.06 bits per heavy atom. The van der Waals surface area contributed by atoms with Crippen molar-refractivity contribution in [2.45, 2.75) is 44.2 Å². The van der Waals surface area contributed by atoms with Crippen LogP contribution in [0.3, 0.4) is 0 Å². The standard InChI is InChI=1S/C25H26F2N2OS/c1-25(26,27)21-13-11-20-12-14-22(28-31-2)23(29(20)24(21)30)16-17-7-6-10-19(15-17)18-8-4-3-5-9-18/h3-11,13,15,22-23,28H,12,14,16H2,1-2H3. The first-order chi connectivity index (χ1) is 14.9. The lowest BCUT2D eigenvalue weighted by Gasteiger charge is -2.36. The van der Waals surface area contributed by atoms with Crippen LogP contribution in [0, 0.1) is 0 Å². The molecule has 3 aromatic rings. The van der Waals surface area contributed by atoms with Gasteiger partial charge in [0, 0.05) is 18.7 Å². The number of fused-ring (bicyclic) bond motifs is 1. The van der Waals surface area contributed by atoms with Crippen molar-refractivity contribution in [3.8, 4) is 11.1 Å². The van der Waals surface area contributed by atoms with Crippen molar-refractivity contribution in [3.63, 3.8) is 0 Å². The maximum atomic E-state index is 14.1. The fraction of sp³-hybridized carbons (Fsp3) is 0.320. The number of nitrogens with one attached hydrogen (secondary N) is 1. The third kappa shape index (κ3) is 4.60. The summed E-state index contributed by atoms with van der Waals surface area (Å²) >= 11 is 1.50. The van der Waals surface area contributed by atoms with E-state index in [0.717, 1.165) is 35.7 Å². The molecular weight excluding hydrogens is 414 g/mol. The molecule has 6 heteroatoms. The number of nitrogens with zero attached hydrogens (tertiary/aromatic N) is 1. The first-order valence-electron chi connectivity index (χ1n) is 10.4. The minimum absolute atomic E-state index is 0.0151. The highest BCUT2D eigenvalue weighted by atomic mass is 32.2. The molecule has 162 valence electrons. The van der Waals surface area contributed by atoms with E-state index in [1.807, 2.05) is 36.6 Å². The molecule has 31 heavy (non-hydrogen) atoms. The highest BCUT2D eigenvalue weighted by Gasteiger charge is 2.35. The number of rotatable bonds is 6. The molecule has 1 aliphatic rings. The van der Waals surface area contributed by atoms with Gasteiger partial charge < -0.3 is 4.57 Å². The molecule has 2 unspecified atom stereocenters. The average molecular weight is 441 g/mol. The molecule has 0 fully saturated rings. The van der Waals surface area contributed by atoms with Crippen LogP contribution in [0.4, 0.5) is 8.78 Å². The second kappa shape index (κ2) is 8.97. The van der Waals surface area contributed by atoms with Crippen LogP contribution in [0.25, 0.3) is 11.1 Å². The van der Waals surface area contributed by atoms with Crippen molar-refractivity contribution in [1.82, 2.24) is 9.29 Å². The van der Waals surface area contributed by atoms with Crippen molar-refractivity contribution in [3.05, 3.63) is 93.9 Å². The molecular formula is C25H26F2N2OS. The van der Waals surface area contributed by atoms with Crippen molar-refractivity contribution < 1.29 is 8.78 Å². The molecule has 2 atom stereocenters. The smallest absolute Gasteiger partial charge is 0.275 e. The van der Waals surface area contributed by atoms with E-state index in [0.29, 0.717) is 12.8 Å². The summed E-state index contributed by atoms with van der Waals surface area (Å²) in [7, 11) is 0. The SMILES string of the molecule is CSNC1CCc2ccc(C(C)(F)F)c(=O)n2C1Cc1cccc(-c2ccccc2)c1. The molecule has 4 rings (SSSR count). The zero-order valence-corrected chi connectivity index (χ0v) is 18.5. The number of hydrogen-bond acceptors (Lipinski definition) is 3. The van der Waals surface area contributed by atoms with Crippen LogP contribution in [0.15, 0.2) is 71.5 Å². The molecule has 3 nitrogen and oxygen atoms in total. The summed E-state index contributed by atoms with van der Waals surface area (Å²) < 4.78 is 33.2. The predicted molar refractivity (Wildman–Crippen MR) is 124 cm³/mol. The average Bonchev–Trinajstić information content (AvgIpc) is 2.75. The summed E-state index contributed by atoms with van der Waals surface area (Å²) in [5, 5.41) is 0. The van der Waals surface area contributed by atoms with Crippen LogP contribution in [0.5, 0.6) is 0 Å². The summed E-state index contributed by atoms with van der Waals surface area (Å²) in [6, 6.07) is 21.1. The Bertz CT molecular complexity index is 1110. The van der Waals surface area contributed by atoms with E-state index in [4.69, 9.17) is 0 Å². The molecule has 2 heterocycles. The number of aromatic nitrogens is 1. The maximum absolute atomic E-state index is 14.1. The number of halogens is 2. The van der Waals surface area contributed by atoms with Gasteiger partial charge in [-0.15, -0.1) is 0 Å². The zero-order valence-electron chi connectivity index (χ0n) is 17.6. The topological polar surface area (TPSA) is 34.0 Å². The quantitative estimate of drug-likeness (QED) is 0.507. The van der Waals surface area contributed by atoms with Gasteiger partial charge in [-0.3, -0.25) is 9.52 Å². The van der Waals surface area contributed by atoms with Crippen LogP contribution in [-0.2, 0) is 18.8 Å². The van der Waals surface area contributed by atoms with Gasteiger partial charge in [0.1, 0.15) is 0 Å². The lowest BCUT2D eigenvalue weighted by atomic mass is 9.90. The highest BCUT2D eigenvalue weighted by Crippen LogP contribution is 2.32. The second-order valence-electron chi connectivity index (χ2n) is 8.11. The van der Waals surface area contributed by atoms with E-state index in [-0.39, 0.29) is 12.1 Å². The van der Waals surface area contributed by atoms with E-state index < -0.39 is 17.0 Å². The molecule has 1 N–H and O–H groups in total. The fourth-order valence-electron chi connectivity index (χ4n) is 4.44. The molecule has 0 aliphatic carbocycles. The molecule has 0 saturated carbocycles. The van der Waals surface area contributed by atoms with E-state index >= 15 is 0 Å². The van der Waals surface area contributed by atoms with Gasteiger partial charge in [0.25, 0.3) is 11.5 Å². The molecule has 0 bridgehead atoms. The minimum Gasteiger partial charge on any atom is -0.307 e. The Morgan fingerprint density at radius 3 is 2.52 bits per heavy atom. The molecule has 0 saturated heterocycles. The first-order valence-corrected chi connectivity index (χ1v) is 11.7. The van der Waals surface area contributed by atoms with Crippen LogP contribution >= 0.6 is 11.9 Å². The zero-order chi connectivity index (χ0) is 22.0. The monoisotopic (exact) mass is 440 g/mol. The van der Waals surface area contributed by atoms with Gasteiger partial charge in [0.05, 0.1) is 11.6 Å². The van der Waals surface area contributed by atoms with Crippen molar-refractivity contribution >= 4 is 11.9 Å². The normalized spacial score (nSPS) is 18.6. The molecule has 0 amide bonds. The van der Waals surface area contributed by atoms with Gasteiger partial charge in [-0.1, -0.05) is 66.5 Å². The van der Waals surface area contributed by atoms with E-state index in [9.17, 15) is 13.6 Å². The lowest BCUT2D eigenvalue weighted by Crippen LogP contribution is -2.46. The van der Waals surface area contributed by atoms with E-state index in [1.54, 1.807) is 10.6 Å². The molecule has 0 radical (unpaired) electrons. The van der Waals surface area contributed by atoms with Crippen molar-refractivity contribution in [1.29, 1.82) is 0 Å². The number of aryl methyl sites for hydroxylation is 1. The van der Waals surface area contributed by atoms with Crippen LogP contribution < -0.4 is 10.3 Å². The second-order valence-corrected chi connectivity index (χ2v) is 8.75. The Labute approximate surface area is 185 Å². The third-order valence-electron chi connectivity index (χ3n) is 5.93. The Balaban J connectivity index is 1.76. The van der Waals surface area contributed by atoms with Crippen molar-refractivity contribution in [2.24, 2.45) is 0 Å². The maximum Gasteiger partial charge on any atom is 0.275 e. The molecule has 2 aromatic carbocycles. The number of alkyl halides is 2. The number of pyridine rings is 1. The van der Waals surface area contributed by atoms with Gasteiger partial charge in [-0.2, -0.15) is 0 Å². The van der Waals surface area contributed by atoms with Gasteiger partial charge in [0.15, 0.2) is 0 Å². The highest BCUT2D eigenvalue weighted by molar-refractivity contribution is 7.96. The summed E-state index contributed by atoms with van der Waals surface area (Å²) in [6.07, 6.45) is 4.07. The third-order valence-corrected chi connectivity index (χ3v) is 6.47. The summed E-state index contributed by atoms with van der Waals surface area (Å²) in [5.41, 5.74) is 3.10. The predicted octanol–water partition coefficient (Wildman–Crippen LogP) is 5.59. The summed E-state index contributed by atoms with van der Waals surface area (Å²) in [5.74, 6) is -3.17. The van der Waals surface area contributed by atoms with Crippen LogP contribution in [0.2, 0.25) is 0 Å². The fourth-order valence-corrected chi connectivity index (χ4v) is 5.02. The molecule has 1 aliphatic heterocycles. The van der Waals surface area contributed by atoms with Gasteiger partial charge in [-0.25, -0.2) is 8.78 Å². The van der Waals surface area contributed by atoms with Crippen molar-refractivity contribution in [2.75, 3.05) is 6.26 Å². The summed E-state index contributed by atoms with van der Waals surface area (Å²) in [4.78, 5) is 13.1. The van der Waals surface area contributed by atoms with Crippen LogP contribution in [0.1, 0.15) is 36.2 Å². The van der Waals surface area contributed by atoms with E-state index in [2.05, 4.69) is 29.0 Å². The Hall–Kier alpha value is -2.44. The first kappa shape index (κ1) is 21.8. The largest absolute Gasteiger partial charge is 0.307 e. The lowest BCUT2D eigenvalue weighted by molar-refractivity contribution is 0.0150. The minimum atomic E-state index is -3.17. The number of hydrogen-bond donors (Lipinski definition) is 1. The summed E-state index contributed by atoms with van der Waals surface area (Å²) in [6.45, 7) is 0.787. The molecule has 1 aromatic heterocycles. The van der Waals surface area contributed by atoms with Gasteiger partial charge in [-0.05, 0) is 54.3 Å². The Kier molecular flexibility index (Phi) is 6.30. The molecule has 0 spiro atoms. The van der Waals surface area contributed by atoms with Crippen LogP contribution in [-0.4, -0.2) is 16.9 Å².